The largest absolute Gasteiger partial charge is 0.342 e. The molecule has 1 N–H and O–H groups in total. The fourth-order valence-corrected chi connectivity index (χ4v) is 4.18. The number of benzene rings is 1. The minimum absolute atomic E-state index is 0.0226. The lowest BCUT2D eigenvalue weighted by Gasteiger charge is -2.33. The molecule has 2 aliphatic rings. The van der Waals surface area contributed by atoms with E-state index in [0.717, 1.165) is 61.8 Å². The summed E-state index contributed by atoms with van der Waals surface area (Å²) in [7, 11) is 0. The van der Waals surface area contributed by atoms with Gasteiger partial charge in [-0.05, 0) is 63.1 Å². The van der Waals surface area contributed by atoms with E-state index in [1.165, 1.54) is 6.42 Å². The first kappa shape index (κ1) is 17.5. The highest BCUT2D eigenvalue weighted by molar-refractivity contribution is 9.10. The normalized spacial score (nSPS) is 24.5. The summed E-state index contributed by atoms with van der Waals surface area (Å²) in [5.41, 5.74) is 0.820. The Morgan fingerprint density at radius 3 is 2.33 bits per heavy atom. The van der Waals surface area contributed by atoms with Crippen LogP contribution in [0.2, 0.25) is 0 Å². The van der Waals surface area contributed by atoms with Crippen molar-refractivity contribution < 1.29 is 9.59 Å². The number of carbonyl (C=O) groups excluding carboxylic acids is 2. The molecule has 1 saturated heterocycles. The third-order valence-corrected chi connectivity index (χ3v) is 5.70. The molecular formula is C19H25BrN2O2. The number of piperidine rings is 1. The van der Waals surface area contributed by atoms with Gasteiger partial charge in [0.25, 0.3) is 0 Å². The number of halogens is 1. The monoisotopic (exact) mass is 392 g/mol. The van der Waals surface area contributed by atoms with E-state index in [1.54, 1.807) is 0 Å². The number of amides is 2. The van der Waals surface area contributed by atoms with Gasteiger partial charge in [0.1, 0.15) is 0 Å². The number of carbonyl (C=O) groups is 2. The fourth-order valence-electron chi connectivity index (χ4n) is 3.79. The molecule has 0 bridgehead atoms. The summed E-state index contributed by atoms with van der Waals surface area (Å²) in [6.07, 6.45) is 6.81. The molecule has 24 heavy (non-hydrogen) atoms. The van der Waals surface area contributed by atoms with Crippen LogP contribution in [0.1, 0.15) is 44.9 Å². The number of hydrogen-bond donors (Lipinski definition) is 1. The molecule has 1 aromatic rings. The van der Waals surface area contributed by atoms with Crippen LogP contribution in [-0.4, -0.2) is 29.8 Å². The topological polar surface area (TPSA) is 49.4 Å². The third-order valence-electron chi connectivity index (χ3n) is 5.21. The first-order valence-corrected chi connectivity index (χ1v) is 9.78. The Bertz CT molecular complexity index is 591. The van der Waals surface area contributed by atoms with Crippen molar-refractivity contribution >= 4 is 33.4 Å². The third kappa shape index (κ3) is 4.38. The van der Waals surface area contributed by atoms with Crippen LogP contribution >= 0.6 is 15.9 Å². The number of rotatable bonds is 3. The number of nitrogens with one attached hydrogen (secondary N) is 1. The van der Waals surface area contributed by atoms with Crippen molar-refractivity contribution in [2.45, 2.75) is 44.9 Å². The minimum Gasteiger partial charge on any atom is -0.342 e. The van der Waals surface area contributed by atoms with Crippen LogP contribution in [0, 0.1) is 11.8 Å². The average molecular weight is 393 g/mol. The number of nitrogens with zero attached hydrogens (tertiary/aromatic N) is 1. The van der Waals surface area contributed by atoms with Gasteiger partial charge < -0.3 is 10.2 Å². The summed E-state index contributed by atoms with van der Waals surface area (Å²) < 4.78 is 0.955. The first-order chi connectivity index (χ1) is 11.6. The molecule has 1 aromatic carbocycles. The second-order valence-electron chi connectivity index (χ2n) is 6.93. The maximum absolute atomic E-state index is 12.6. The molecule has 0 unspecified atom stereocenters. The van der Waals surface area contributed by atoms with E-state index in [-0.39, 0.29) is 17.7 Å². The standard InChI is InChI=1S/C19H25BrN2O2/c20-16-5-4-6-17(13-16)21-18(23)14-7-9-15(10-8-14)19(24)22-11-2-1-3-12-22/h4-6,13-15H,1-3,7-12H2,(H,21,23). The zero-order chi connectivity index (χ0) is 16.9. The van der Waals surface area contributed by atoms with Crippen molar-refractivity contribution in [1.29, 1.82) is 0 Å². The Balaban J connectivity index is 1.49. The van der Waals surface area contributed by atoms with Gasteiger partial charge in [0.2, 0.25) is 11.8 Å². The Morgan fingerprint density at radius 2 is 1.67 bits per heavy atom. The van der Waals surface area contributed by atoms with Crippen molar-refractivity contribution in [3.05, 3.63) is 28.7 Å². The molecule has 0 radical (unpaired) electrons. The second-order valence-corrected chi connectivity index (χ2v) is 7.85. The van der Waals surface area contributed by atoms with Crippen molar-refractivity contribution in [2.75, 3.05) is 18.4 Å². The fraction of sp³-hybridized carbons (Fsp3) is 0.579. The van der Waals surface area contributed by atoms with E-state index in [2.05, 4.69) is 21.2 Å². The van der Waals surface area contributed by atoms with Crippen molar-refractivity contribution in [2.24, 2.45) is 11.8 Å². The minimum atomic E-state index is 0.0226. The molecule has 0 atom stereocenters. The van der Waals surface area contributed by atoms with Gasteiger partial charge >= 0.3 is 0 Å². The molecule has 1 heterocycles. The average Bonchev–Trinajstić information content (AvgIpc) is 2.62. The number of likely N-dealkylation sites (tertiary alicyclic amines) is 1. The van der Waals surface area contributed by atoms with Crippen LogP contribution < -0.4 is 5.32 Å². The maximum atomic E-state index is 12.6. The van der Waals surface area contributed by atoms with E-state index in [9.17, 15) is 9.59 Å². The Hall–Kier alpha value is -1.36. The van der Waals surface area contributed by atoms with Crippen LogP contribution in [0.4, 0.5) is 5.69 Å². The van der Waals surface area contributed by atoms with Crippen LogP contribution in [0.5, 0.6) is 0 Å². The summed E-state index contributed by atoms with van der Waals surface area (Å²) in [5.74, 6) is 0.546. The maximum Gasteiger partial charge on any atom is 0.227 e. The molecule has 130 valence electrons. The van der Waals surface area contributed by atoms with Gasteiger partial charge in [-0.25, -0.2) is 0 Å². The van der Waals surface area contributed by atoms with E-state index < -0.39 is 0 Å². The predicted octanol–water partition coefficient (Wildman–Crippen LogP) is 4.21. The Morgan fingerprint density at radius 1 is 1.00 bits per heavy atom. The van der Waals surface area contributed by atoms with Gasteiger partial charge in [-0.3, -0.25) is 9.59 Å². The predicted molar refractivity (Wildman–Crippen MR) is 98.7 cm³/mol. The van der Waals surface area contributed by atoms with E-state index in [0.29, 0.717) is 5.91 Å². The SMILES string of the molecule is O=C(Nc1cccc(Br)c1)C1CCC(C(=O)N2CCCCC2)CC1. The molecule has 0 spiro atoms. The molecule has 0 aromatic heterocycles. The lowest BCUT2D eigenvalue weighted by molar-refractivity contribution is -0.138. The number of hydrogen-bond acceptors (Lipinski definition) is 2. The first-order valence-electron chi connectivity index (χ1n) is 8.99. The molecule has 3 rings (SSSR count). The van der Waals surface area contributed by atoms with Crippen LogP contribution in [0.3, 0.4) is 0 Å². The zero-order valence-corrected chi connectivity index (χ0v) is 15.6. The molecule has 4 nitrogen and oxygen atoms in total. The van der Waals surface area contributed by atoms with Gasteiger partial charge in [0, 0.05) is 35.1 Å². The summed E-state index contributed by atoms with van der Waals surface area (Å²) in [4.78, 5) is 27.1. The molecule has 2 amide bonds. The van der Waals surface area contributed by atoms with Gasteiger partial charge in [-0.1, -0.05) is 22.0 Å². The Labute approximate surface area is 152 Å². The summed E-state index contributed by atoms with van der Waals surface area (Å²) in [6.45, 7) is 1.84. The highest BCUT2D eigenvalue weighted by atomic mass is 79.9. The molecule has 5 heteroatoms. The number of anilines is 1. The van der Waals surface area contributed by atoms with Crippen molar-refractivity contribution in [1.82, 2.24) is 4.90 Å². The molecule has 1 aliphatic heterocycles. The lowest BCUT2D eigenvalue weighted by Crippen LogP contribution is -2.41. The van der Waals surface area contributed by atoms with Crippen LogP contribution in [0.25, 0.3) is 0 Å². The highest BCUT2D eigenvalue weighted by Gasteiger charge is 2.32. The van der Waals surface area contributed by atoms with E-state index in [1.807, 2.05) is 29.2 Å². The lowest BCUT2D eigenvalue weighted by atomic mass is 9.80. The van der Waals surface area contributed by atoms with Crippen LogP contribution in [-0.2, 0) is 9.59 Å². The highest BCUT2D eigenvalue weighted by Crippen LogP contribution is 2.31. The van der Waals surface area contributed by atoms with Crippen molar-refractivity contribution in [3.8, 4) is 0 Å². The second kappa shape index (κ2) is 8.15. The molecule has 1 saturated carbocycles. The van der Waals surface area contributed by atoms with Gasteiger partial charge in [0.15, 0.2) is 0 Å². The molecule has 2 fully saturated rings. The molecular weight excluding hydrogens is 368 g/mol. The van der Waals surface area contributed by atoms with E-state index in [4.69, 9.17) is 0 Å². The quantitative estimate of drug-likeness (QED) is 0.837. The summed E-state index contributed by atoms with van der Waals surface area (Å²) in [5, 5.41) is 3.00. The summed E-state index contributed by atoms with van der Waals surface area (Å²) in [6, 6.07) is 7.65. The van der Waals surface area contributed by atoms with Crippen LogP contribution in [0.15, 0.2) is 28.7 Å². The summed E-state index contributed by atoms with van der Waals surface area (Å²) >= 11 is 3.42. The zero-order valence-electron chi connectivity index (χ0n) is 14.0. The van der Waals surface area contributed by atoms with Gasteiger partial charge in [-0.15, -0.1) is 0 Å². The Kier molecular flexibility index (Phi) is 5.93. The van der Waals surface area contributed by atoms with Gasteiger partial charge in [-0.2, -0.15) is 0 Å². The molecule has 1 aliphatic carbocycles. The van der Waals surface area contributed by atoms with Gasteiger partial charge in [0.05, 0.1) is 0 Å². The van der Waals surface area contributed by atoms with E-state index >= 15 is 0 Å². The van der Waals surface area contributed by atoms with Crippen molar-refractivity contribution in [3.63, 3.8) is 0 Å². The smallest absolute Gasteiger partial charge is 0.227 e.